The third-order valence-corrected chi connectivity index (χ3v) is 5.27. The van der Waals surface area contributed by atoms with Crippen molar-refractivity contribution in [2.45, 2.75) is 27.3 Å². The number of rotatable bonds is 5. The number of hydrogen-bond acceptors (Lipinski definition) is 4. The van der Waals surface area contributed by atoms with Gasteiger partial charge < -0.3 is 9.73 Å². The highest BCUT2D eigenvalue weighted by atomic mass is 16.3. The summed E-state index contributed by atoms with van der Waals surface area (Å²) in [5, 5.41) is 3.24. The molecule has 0 saturated carbocycles. The van der Waals surface area contributed by atoms with Crippen LogP contribution in [0.25, 0.3) is 5.57 Å². The molecule has 1 aromatic heterocycles. The summed E-state index contributed by atoms with van der Waals surface area (Å²) in [5.41, 5.74) is 5.42. The lowest BCUT2D eigenvalue weighted by atomic mass is 10.0. The fourth-order valence-electron chi connectivity index (χ4n) is 3.40. The molecule has 0 saturated heterocycles. The van der Waals surface area contributed by atoms with E-state index in [9.17, 15) is 9.59 Å². The minimum absolute atomic E-state index is 0.0952. The number of nitrogens with zero attached hydrogens (tertiary/aromatic N) is 1. The Balaban J connectivity index is 1.78. The summed E-state index contributed by atoms with van der Waals surface area (Å²) in [7, 11) is 0. The van der Waals surface area contributed by atoms with Crippen LogP contribution in [0.2, 0.25) is 0 Å². The number of amides is 2. The quantitative estimate of drug-likeness (QED) is 0.651. The van der Waals surface area contributed by atoms with Gasteiger partial charge in [-0.15, -0.1) is 0 Å². The van der Waals surface area contributed by atoms with Gasteiger partial charge in [-0.1, -0.05) is 42.0 Å². The maximum absolute atomic E-state index is 13.2. The van der Waals surface area contributed by atoms with E-state index in [1.807, 2.05) is 63.2 Å². The van der Waals surface area contributed by atoms with E-state index < -0.39 is 0 Å². The highest BCUT2D eigenvalue weighted by Gasteiger charge is 2.39. The third kappa shape index (κ3) is 3.47. The summed E-state index contributed by atoms with van der Waals surface area (Å²) < 4.78 is 5.35. The summed E-state index contributed by atoms with van der Waals surface area (Å²) in [4.78, 5) is 27.7. The predicted octanol–water partition coefficient (Wildman–Crippen LogP) is 4.60. The number of carbonyl (C=O) groups is 2. The molecule has 0 atom stereocenters. The van der Waals surface area contributed by atoms with Crippen LogP contribution in [-0.2, 0) is 16.1 Å². The largest absolute Gasteiger partial charge is 0.467 e. The standard InChI is InChI=1S/C24H22N2O3/c1-15-9-11-18(12-10-15)21-22(25-20-8-4-6-16(2)17(20)3)24(28)26(23(21)27)14-19-7-5-13-29-19/h4-13,25H,14H2,1-3H3. The van der Waals surface area contributed by atoms with E-state index in [1.54, 1.807) is 12.1 Å². The molecule has 1 aliphatic rings. The molecule has 0 fully saturated rings. The molecule has 0 bridgehead atoms. The van der Waals surface area contributed by atoms with Crippen LogP contribution in [0.5, 0.6) is 0 Å². The fourth-order valence-corrected chi connectivity index (χ4v) is 3.40. The first kappa shape index (κ1) is 18.7. The average Bonchev–Trinajstić information content (AvgIpc) is 3.29. The monoisotopic (exact) mass is 386 g/mol. The second kappa shape index (κ2) is 7.43. The molecular weight excluding hydrogens is 364 g/mol. The Morgan fingerprint density at radius 1 is 0.897 bits per heavy atom. The van der Waals surface area contributed by atoms with Gasteiger partial charge >= 0.3 is 0 Å². The van der Waals surface area contributed by atoms with Gasteiger partial charge in [-0.2, -0.15) is 0 Å². The van der Waals surface area contributed by atoms with E-state index in [2.05, 4.69) is 5.32 Å². The number of furan rings is 1. The Hall–Kier alpha value is -3.60. The van der Waals surface area contributed by atoms with Crippen LogP contribution in [0.3, 0.4) is 0 Å². The third-order valence-electron chi connectivity index (χ3n) is 5.27. The Morgan fingerprint density at radius 2 is 1.66 bits per heavy atom. The SMILES string of the molecule is Cc1ccc(C2=C(Nc3cccc(C)c3C)C(=O)N(Cc3ccco3)C2=O)cc1. The van der Waals surface area contributed by atoms with Gasteiger partial charge in [-0.25, -0.2) is 0 Å². The summed E-state index contributed by atoms with van der Waals surface area (Å²) in [6, 6.07) is 17.0. The molecule has 5 nitrogen and oxygen atoms in total. The summed E-state index contributed by atoms with van der Waals surface area (Å²) in [6.45, 7) is 6.09. The molecule has 0 radical (unpaired) electrons. The maximum Gasteiger partial charge on any atom is 0.278 e. The van der Waals surface area contributed by atoms with Crippen LogP contribution >= 0.6 is 0 Å². The van der Waals surface area contributed by atoms with Crippen LogP contribution in [0, 0.1) is 20.8 Å². The zero-order valence-electron chi connectivity index (χ0n) is 16.7. The molecular formula is C24H22N2O3. The molecule has 2 amide bonds. The molecule has 2 aromatic carbocycles. The van der Waals surface area contributed by atoms with E-state index in [0.717, 1.165) is 22.4 Å². The van der Waals surface area contributed by atoms with Gasteiger partial charge in [0.2, 0.25) is 0 Å². The van der Waals surface area contributed by atoms with Crippen LogP contribution < -0.4 is 5.32 Å². The lowest BCUT2D eigenvalue weighted by Crippen LogP contribution is -2.31. The van der Waals surface area contributed by atoms with E-state index in [-0.39, 0.29) is 18.4 Å². The van der Waals surface area contributed by atoms with E-state index in [0.29, 0.717) is 22.6 Å². The molecule has 146 valence electrons. The Kier molecular flexibility index (Phi) is 4.80. The summed E-state index contributed by atoms with van der Waals surface area (Å²) in [6.07, 6.45) is 1.53. The second-order valence-corrected chi connectivity index (χ2v) is 7.26. The highest BCUT2D eigenvalue weighted by molar-refractivity contribution is 6.36. The van der Waals surface area contributed by atoms with Crippen LogP contribution in [-0.4, -0.2) is 16.7 Å². The van der Waals surface area contributed by atoms with Crippen LogP contribution in [0.4, 0.5) is 5.69 Å². The zero-order chi connectivity index (χ0) is 20.5. The normalized spacial score (nSPS) is 14.1. The van der Waals surface area contributed by atoms with Gasteiger partial charge in [0.05, 0.1) is 18.4 Å². The number of carbonyl (C=O) groups excluding carboxylic acids is 2. The molecule has 3 aromatic rings. The lowest BCUT2D eigenvalue weighted by Gasteiger charge is -2.15. The van der Waals surface area contributed by atoms with Crippen molar-refractivity contribution in [1.82, 2.24) is 4.90 Å². The first-order chi connectivity index (χ1) is 14.0. The molecule has 5 heteroatoms. The van der Waals surface area contributed by atoms with Gasteiger partial charge in [-0.3, -0.25) is 14.5 Å². The van der Waals surface area contributed by atoms with Crippen molar-refractivity contribution in [3.8, 4) is 0 Å². The summed E-state index contributed by atoms with van der Waals surface area (Å²) >= 11 is 0. The zero-order valence-corrected chi connectivity index (χ0v) is 16.7. The Morgan fingerprint density at radius 3 is 2.34 bits per heavy atom. The van der Waals surface area contributed by atoms with Gasteiger partial charge in [0.1, 0.15) is 11.5 Å². The van der Waals surface area contributed by atoms with Crippen LogP contribution in [0.1, 0.15) is 28.0 Å². The lowest BCUT2D eigenvalue weighted by molar-refractivity contribution is -0.137. The van der Waals surface area contributed by atoms with Crippen molar-refractivity contribution in [1.29, 1.82) is 0 Å². The molecule has 0 spiro atoms. The first-order valence-corrected chi connectivity index (χ1v) is 9.49. The average molecular weight is 386 g/mol. The highest BCUT2D eigenvalue weighted by Crippen LogP contribution is 2.32. The number of anilines is 1. The van der Waals surface area contributed by atoms with Gasteiger partial charge in [0.25, 0.3) is 11.8 Å². The predicted molar refractivity (Wildman–Crippen MR) is 112 cm³/mol. The smallest absolute Gasteiger partial charge is 0.278 e. The number of aryl methyl sites for hydroxylation is 2. The van der Waals surface area contributed by atoms with E-state index in [4.69, 9.17) is 4.42 Å². The van der Waals surface area contributed by atoms with Crippen molar-refractivity contribution < 1.29 is 14.0 Å². The minimum Gasteiger partial charge on any atom is -0.467 e. The van der Waals surface area contributed by atoms with E-state index >= 15 is 0 Å². The molecule has 1 aliphatic heterocycles. The van der Waals surface area contributed by atoms with Crippen molar-refractivity contribution in [3.63, 3.8) is 0 Å². The molecule has 2 heterocycles. The topological polar surface area (TPSA) is 62.6 Å². The number of benzene rings is 2. The number of imide groups is 1. The van der Waals surface area contributed by atoms with Crippen LogP contribution in [0.15, 0.2) is 71.0 Å². The first-order valence-electron chi connectivity index (χ1n) is 9.49. The van der Waals surface area contributed by atoms with E-state index in [1.165, 1.54) is 11.2 Å². The summed E-state index contributed by atoms with van der Waals surface area (Å²) in [5.74, 6) is -0.131. The number of nitrogens with one attached hydrogen (secondary N) is 1. The van der Waals surface area contributed by atoms with Gasteiger partial charge in [0, 0.05) is 5.69 Å². The molecule has 4 rings (SSSR count). The van der Waals surface area contributed by atoms with Crippen molar-refractivity contribution in [2.24, 2.45) is 0 Å². The van der Waals surface area contributed by atoms with Gasteiger partial charge in [-0.05, 0) is 55.7 Å². The molecule has 0 aliphatic carbocycles. The Bertz CT molecular complexity index is 1110. The molecule has 1 N–H and O–H groups in total. The maximum atomic E-state index is 13.2. The molecule has 29 heavy (non-hydrogen) atoms. The minimum atomic E-state index is -0.358. The molecule has 0 unspecified atom stereocenters. The van der Waals surface area contributed by atoms with Crippen molar-refractivity contribution >= 4 is 23.1 Å². The number of hydrogen-bond donors (Lipinski definition) is 1. The van der Waals surface area contributed by atoms with Gasteiger partial charge in [0.15, 0.2) is 0 Å². The second-order valence-electron chi connectivity index (χ2n) is 7.26. The Labute approximate surface area is 169 Å². The fraction of sp³-hybridized carbons (Fsp3) is 0.167. The van der Waals surface area contributed by atoms with Crippen molar-refractivity contribution in [2.75, 3.05) is 5.32 Å². The van der Waals surface area contributed by atoms with Crippen molar-refractivity contribution in [3.05, 3.63) is 94.6 Å².